The van der Waals surface area contributed by atoms with Crippen molar-refractivity contribution in [1.29, 1.82) is 0 Å². The molecule has 6 nitrogen and oxygen atoms in total. The fraction of sp³-hybridized carbons (Fsp3) is 0.250. The standard InChI is InChI=1S/C20H19ClFN3O3S/c1-13(14-3-7-16(22)8-4-14)25(2)19(26)12-29-20-24-23-18(28-20)11-27-17-9-5-15(21)6-10-17/h3-10,13H,11-12H2,1-2H3. The zero-order valence-corrected chi connectivity index (χ0v) is 17.4. The number of rotatable bonds is 8. The maximum Gasteiger partial charge on any atom is 0.277 e. The molecule has 9 heteroatoms. The van der Waals surface area contributed by atoms with Crippen molar-refractivity contribution in [3.8, 4) is 5.75 Å². The highest BCUT2D eigenvalue weighted by Gasteiger charge is 2.19. The Morgan fingerprint density at radius 1 is 1.21 bits per heavy atom. The SMILES string of the molecule is CC(c1ccc(F)cc1)N(C)C(=O)CSc1nnc(COc2ccc(Cl)cc2)o1. The largest absolute Gasteiger partial charge is 0.484 e. The van der Waals surface area contributed by atoms with Crippen LogP contribution in [0, 0.1) is 5.82 Å². The molecule has 0 radical (unpaired) electrons. The number of halogens is 2. The lowest BCUT2D eigenvalue weighted by atomic mass is 10.1. The molecule has 1 amide bonds. The molecule has 0 spiro atoms. The Balaban J connectivity index is 1.48. The number of hydrogen-bond donors (Lipinski definition) is 0. The first-order valence-corrected chi connectivity index (χ1v) is 10.1. The second-order valence-electron chi connectivity index (χ2n) is 6.23. The summed E-state index contributed by atoms with van der Waals surface area (Å²) < 4.78 is 24.1. The molecule has 0 aliphatic heterocycles. The van der Waals surface area contributed by atoms with Crippen LogP contribution in [0.15, 0.2) is 58.2 Å². The highest BCUT2D eigenvalue weighted by atomic mass is 35.5. The van der Waals surface area contributed by atoms with Gasteiger partial charge in [0.1, 0.15) is 11.6 Å². The van der Waals surface area contributed by atoms with E-state index < -0.39 is 0 Å². The fourth-order valence-corrected chi connectivity index (χ4v) is 3.27. The zero-order chi connectivity index (χ0) is 20.8. The summed E-state index contributed by atoms with van der Waals surface area (Å²) in [5.41, 5.74) is 0.853. The second kappa shape index (κ2) is 9.76. The predicted octanol–water partition coefficient (Wildman–Crippen LogP) is 4.75. The van der Waals surface area contributed by atoms with Crippen LogP contribution in [0.3, 0.4) is 0 Å². The summed E-state index contributed by atoms with van der Waals surface area (Å²) in [5, 5.41) is 8.74. The van der Waals surface area contributed by atoms with Gasteiger partial charge in [0.15, 0.2) is 6.61 Å². The minimum atomic E-state index is -0.308. The average molecular weight is 436 g/mol. The van der Waals surface area contributed by atoms with Crippen molar-refractivity contribution in [3.63, 3.8) is 0 Å². The highest BCUT2D eigenvalue weighted by molar-refractivity contribution is 7.99. The first-order chi connectivity index (χ1) is 13.9. The number of ether oxygens (including phenoxy) is 1. The fourth-order valence-electron chi connectivity index (χ4n) is 2.44. The van der Waals surface area contributed by atoms with Crippen molar-refractivity contribution < 1.29 is 18.3 Å². The lowest BCUT2D eigenvalue weighted by Gasteiger charge is -2.25. The third-order valence-electron chi connectivity index (χ3n) is 4.27. The van der Waals surface area contributed by atoms with Crippen LogP contribution >= 0.6 is 23.4 Å². The molecule has 152 valence electrons. The Hall–Kier alpha value is -2.58. The van der Waals surface area contributed by atoms with Gasteiger partial charge in [-0.2, -0.15) is 0 Å². The topological polar surface area (TPSA) is 68.5 Å². The molecule has 1 heterocycles. The molecule has 2 aromatic carbocycles. The number of thioether (sulfide) groups is 1. The quantitative estimate of drug-likeness (QED) is 0.475. The van der Waals surface area contributed by atoms with E-state index in [2.05, 4.69) is 10.2 Å². The van der Waals surface area contributed by atoms with Gasteiger partial charge in [0.25, 0.3) is 11.1 Å². The maximum atomic E-state index is 13.1. The molecular formula is C20H19ClFN3O3S. The summed E-state index contributed by atoms with van der Waals surface area (Å²) in [4.78, 5) is 14.0. The molecule has 0 aliphatic rings. The molecule has 1 unspecified atom stereocenters. The molecule has 0 fully saturated rings. The molecule has 0 aliphatic carbocycles. The van der Waals surface area contributed by atoms with Crippen molar-refractivity contribution in [1.82, 2.24) is 15.1 Å². The van der Waals surface area contributed by atoms with Crippen molar-refractivity contribution in [2.75, 3.05) is 12.8 Å². The number of hydrogen-bond acceptors (Lipinski definition) is 6. The predicted molar refractivity (Wildman–Crippen MR) is 108 cm³/mol. The van der Waals surface area contributed by atoms with Gasteiger partial charge in [0, 0.05) is 12.1 Å². The van der Waals surface area contributed by atoms with Gasteiger partial charge in [-0.1, -0.05) is 35.5 Å². The molecule has 0 bridgehead atoms. The Morgan fingerprint density at radius 3 is 2.59 bits per heavy atom. The van der Waals surface area contributed by atoms with E-state index in [1.54, 1.807) is 48.3 Å². The van der Waals surface area contributed by atoms with E-state index >= 15 is 0 Å². The molecule has 0 N–H and O–H groups in total. The number of benzene rings is 2. The van der Waals surface area contributed by atoms with Crippen LogP contribution in [-0.4, -0.2) is 33.8 Å². The van der Waals surface area contributed by atoms with Crippen molar-refractivity contribution in [3.05, 3.63) is 70.8 Å². The van der Waals surface area contributed by atoms with Crippen LogP contribution in [0.4, 0.5) is 4.39 Å². The van der Waals surface area contributed by atoms with Crippen molar-refractivity contribution >= 4 is 29.3 Å². The van der Waals surface area contributed by atoms with Crippen LogP contribution in [0.1, 0.15) is 24.4 Å². The molecule has 1 aromatic heterocycles. The number of carbonyl (C=O) groups is 1. The van der Waals surface area contributed by atoms with Gasteiger partial charge < -0.3 is 14.1 Å². The van der Waals surface area contributed by atoms with E-state index in [0.29, 0.717) is 16.7 Å². The summed E-state index contributed by atoms with van der Waals surface area (Å²) >= 11 is 6.98. The van der Waals surface area contributed by atoms with E-state index in [9.17, 15) is 9.18 Å². The average Bonchev–Trinajstić information content (AvgIpc) is 3.19. The highest BCUT2D eigenvalue weighted by Crippen LogP contribution is 2.23. The van der Waals surface area contributed by atoms with Gasteiger partial charge in [0.05, 0.1) is 11.8 Å². The first-order valence-electron chi connectivity index (χ1n) is 8.77. The molecule has 0 saturated heterocycles. The summed E-state index contributed by atoms with van der Waals surface area (Å²) in [6.45, 7) is 2.00. The van der Waals surface area contributed by atoms with E-state index in [1.165, 1.54) is 12.1 Å². The summed E-state index contributed by atoms with van der Waals surface area (Å²) in [6.07, 6.45) is 0. The van der Waals surface area contributed by atoms with Crippen LogP contribution < -0.4 is 4.74 Å². The number of carbonyl (C=O) groups excluding carboxylic acids is 1. The van der Waals surface area contributed by atoms with Crippen molar-refractivity contribution in [2.45, 2.75) is 24.8 Å². The second-order valence-corrected chi connectivity index (χ2v) is 7.59. The minimum absolute atomic E-state index is 0.107. The van der Waals surface area contributed by atoms with Crippen LogP contribution in [0.5, 0.6) is 5.75 Å². The van der Waals surface area contributed by atoms with Gasteiger partial charge in [-0.25, -0.2) is 4.39 Å². The van der Waals surface area contributed by atoms with E-state index in [-0.39, 0.29) is 35.3 Å². The van der Waals surface area contributed by atoms with Crippen LogP contribution in [0.25, 0.3) is 0 Å². The van der Waals surface area contributed by atoms with Gasteiger partial charge >= 0.3 is 0 Å². The summed E-state index contributed by atoms with van der Waals surface area (Å²) in [7, 11) is 1.70. The van der Waals surface area contributed by atoms with Crippen molar-refractivity contribution in [2.24, 2.45) is 0 Å². The van der Waals surface area contributed by atoms with Crippen LogP contribution in [0.2, 0.25) is 5.02 Å². The molecule has 0 saturated carbocycles. The van der Waals surface area contributed by atoms with E-state index in [0.717, 1.165) is 17.3 Å². The molecule has 29 heavy (non-hydrogen) atoms. The molecule has 1 atom stereocenters. The van der Waals surface area contributed by atoms with Gasteiger partial charge in [-0.05, 0) is 48.9 Å². The number of aromatic nitrogens is 2. The molecular weight excluding hydrogens is 417 g/mol. The van der Waals surface area contributed by atoms with Gasteiger partial charge in [-0.3, -0.25) is 4.79 Å². The summed E-state index contributed by atoms with van der Waals surface area (Å²) in [5.74, 6) is 0.667. The zero-order valence-electron chi connectivity index (χ0n) is 15.8. The molecule has 3 aromatic rings. The maximum absolute atomic E-state index is 13.1. The first kappa shape index (κ1) is 21.1. The lowest BCUT2D eigenvalue weighted by Crippen LogP contribution is -2.31. The van der Waals surface area contributed by atoms with Gasteiger partial charge in [0.2, 0.25) is 5.91 Å². The Bertz CT molecular complexity index is 950. The Morgan fingerprint density at radius 2 is 1.90 bits per heavy atom. The van der Waals surface area contributed by atoms with E-state index in [1.807, 2.05) is 6.92 Å². The summed E-state index contributed by atoms with van der Waals surface area (Å²) in [6, 6.07) is 12.8. The lowest BCUT2D eigenvalue weighted by molar-refractivity contribution is -0.128. The monoisotopic (exact) mass is 435 g/mol. The van der Waals surface area contributed by atoms with Gasteiger partial charge in [-0.15, -0.1) is 10.2 Å². The Kier molecular flexibility index (Phi) is 7.11. The minimum Gasteiger partial charge on any atom is -0.484 e. The number of nitrogens with zero attached hydrogens (tertiary/aromatic N) is 3. The third-order valence-corrected chi connectivity index (χ3v) is 5.33. The van der Waals surface area contributed by atoms with Crippen LogP contribution in [-0.2, 0) is 11.4 Å². The number of amides is 1. The molecule has 3 rings (SSSR count). The smallest absolute Gasteiger partial charge is 0.277 e. The van der Waals surface area contributed by atoms with E-state index in [4.69, 9.17) is 20.8 Å². The normalized spacial score (nSPS) is 11.9. The Labute approximate surface area is 177 Å². The third kappa shape index (κ3) is 5.95.